The van der Waals surface area contributed by atoms with Gasteiger partial charge in [-0.25, -0.2) is 4.39 Å². The molecule has 0 spiro atoms. The molecule has 0 aromatic heterocycles. The summed E-state index contributed by atoms with van der Waals surface area (Å²) in [5, 5.41) is 12.0. The highest BCUT2D eigenvalue weighted by molar-refractivity contribution is 6.23. The van der Waals surface area contributed by atoms with Gasteiger partial charge in [0.15, 0.2) is 0 Å². The summed E-state index contributed by atoms with van der Waals surface area (Å²) >= 11 is 0. The highest BCUT2D eigenvalue weighted by atomic mass is 19.1. The Labute approximate surface area is 181 Å². The number of piperazine rings is 1. The van der Waals surface area contributed by atoms with Crippen LogP contribution in [0, 0.1) is 23.1 Å². The van der Waals surface area contributed by atoms with E-state index in [1.54, 1.807) is 6.07 Å². The topological polar surface area (TPSA) is 71.7 Å². The quantitative estimate of drug-likeness (QED) is 0.833. The maximum absolute atomic E-state index is 13.9. The Hall–Kier alpha value is -3.24. The van der Waals surface area contributed by atoms with E-state index in [-0.39, 0.29) is 17.4 Å². The number of benzene rings is 2. The number of rotatable bonds is 3. The second kappa shape index (κ2) is 8.12. The molecule has 158 valence electrons. The van der Waals surface area contributed by atoms with Crippen LogP contribution in [0.4, 0.5) is 15.8 Å². The van der Waals surface area contributed by atoms with Crippen LogP contribution in [-0.4, -0.2) is 49.2 Å². The largest absolute Gasteiger partial charge is 0.369 e. The summed E-state index contributed by atoms with van der Waals surface area (Å²) in [7, 11) is 0. The minimum absolute atomic E-state index is 0.0614. The summed E-state index contributed by atoms with van der Waals surface area (Å²) in [6.07, 6.45) is 1.84. The van der Waals surface area contributed by atoms with Gasteiger partial charge in [0.05, 0.1) is 22.9 Å². The molecule has 1 unspecified atom stereocenters. The molecule has 3 aliphatic rings. The van der Waals surface area contributed by atoms with Crippen LogP contribution in [0.3, 0.4) is 0 Å². The molecule has 1 amide bonds. The van der Waals surface area contributed by atoms with E-state index in [9.17, 15) is 9.18 Å². The molecule has 0 radical (unpaired) electrons. The average Bonchev–Trinajstić information content (AvgIpc) is 2.79. The summed E-state index contributed by atoms with van der Waals surface area (Å²) in [5.41, 5.74) is 4.92. The highest BCUT2D eigenvalue weighted by Crippen LogP contribution is 2.32. The zero-order chi connectivity index (χ0) is 21.4. The van der Waals surface area contributed by atoms with E-state index >= 15 is 0 Å². The third-order valence-electron chi connectivity index (χ3n) is 6.41. The molecule has 31 heavy (non-hydrogen) atoms. The maximum Gasteiger partial charge on any atom is 0.233 e. The summed E-state index contributed by atoms with van der Waals surface area (Å²) in [5.74, 6) is -0.512. The van der Waals surface area contributed by atoms with Crippen molar-refractivity contribution in [3.05, 3.63) is 58.9 Å². The number of hydrogen-bond acceptors (Lipinski definition) is 5. The third-order valence-corrected chi connectivity index (χ3v) is 6.41. The lowest BCUT2D eigenvalue weighted by Crippen LogP contribution is -2.46. The fourth-order valence-electron chi connectivity index (χ4n) is 4.72. The van der Waals surface area contributed by atoms with E-state index in [4.69, 9.17) is 5.26 Å². The number of anilines is 2. The van der Waals surface area contributed by atoms with Gasteiger partial charge in [0.2, 0.25) is 5.91 Å². The van der Waals surface area contributed by atoms with Gasteiger partial charge in [-0.1, -0.05) is 12.1 Å². The molecule has 0 saturated carbocycles. The van der Waals surface area contributed by atoms with Crippen LogP contribution in [0.1, 0.15) is 29.5 Å². The number of nitriles is 1. The second-order valence-electron chi connectivity index (χ2n) is 8.37. The van der Waals surface area contributed by atoms with Gasteiger partial charge in [0.1, 0.15) is 11.9 Å². The molecule has 1 N–H and O–H groups in total. The number of nitrogens with one attached hydrogen (secondary N) is 1. The Bertz CT molecular complexity index is 1100. The van der Waals surface area contributed by atoms with Crippen molar-refractivity contribution in [1.29, 1.82) is 5.26 Å². The molecule has 6 nitrogen and oxygen atoms in total. The summed E-state index contributed by atoms with van der Waals surface area (Å²) < 4.78 is 13.9. The maximum atomic E-state index is 13.9. The summed E-state index contributed by atoms with van der Waals surface area (Å²) in [6.45, 7) is 4.92. The molecule has 7 heteroatoms. The normalized spacial score (nSPS) is 20.9. The van der Waals surface area contributed by atoms with Crippen molar-refractivity contribution in [1.82, 2.24) is 4.90 Å². The fourth-order valence-corrected chi connectivity index (χ4v) is 4.72. The molecule has 5 rings (SSSR count). The van der Waals surface area contributed by atoms with Crippen molar-refractivity contribution in [2.24, 2.45) is 10.9 Å². The first-order chi connectivity index (χ1) is 15.1. The second-order valence-corrected chi connectivity index (χ2v) is 8.37. The van der Waals surface area contributed by atoms with Gasteiger partial charge in [0, 0.05) is 50.5 Å². The first-order valence-corrected chi connectivity index (χ1v) is 10.8. The molecule has 0 aliphatic carbocycles. The predicted molar refractivity (Wildman–Crippen MR) is 118 cm³/mol. The lowest BCUT2D eigenvalue weighted by atomic mass is 9.85. The zero-order valence-electron chi connectivity index (χ0n) is 17.3. The van der Waals surface area contributed by atoms with Crippen molar-refractivity contribution in [3.8, 4) is 6.07 Å². The van der Waals surface area contributed by atoms with Crippen LogP contribution in [0.15, 0.2) is 41.4 Å². The van der Waals surface area contributed by atoms with Crippen molar-refractivity contribution in [3.63, 3.8) is 0 Å². The molecule has 1 atom stereocenters. The van der Waals surface area contributed by atoms with Gasteiger partial charge >= 0.3 is 0 Å². The van der Waals surface area contributed by atoms with E-state index < -0.39 is 5.82 Å². The monoisotopic (exact) mass is 417 g/mol. The van der Waals surface area contributed by atoms with E-state index in [1.165, 1.54) is 6.07 Å². The van der Waals surface area contributed by atoms with E-state index in [0.717, 1.165) is 80.3 Å². The lowest BCUT2D eigenvalue weighted by molar-refractivity contribution is -0.118. The Balaban J connectivity index is 1.25. The van der Waals surface area contributed by atoms with Crippen molar-refractivity contribution in [2.45, 2.75) is 19.4 Å². The van der Waals surface area contributed by atoms with Crippen molar-refractivity contribution in [2.75, 3.05) is 42.9 Å². The predicted octanol–water partition coefficient (Wildman–Crippen LogP) is 3.17. The standard InChI is InChI=1S/C24H24FN5O/c25-21-13-18(5-4-17(21)14-26)30-10-8-29(9-11-30)15-16-3-6-19-22(12-16)28-24(31)20-2-1-7-27-23(19)20/h3-6,12-13,20H,1-2,7-11,15H2,(H,28,31). The van der Waals surface area contributed by atoms with Gasteiger partial charge in [0.25, 0.3) is 0 Å². The lowest BCUT2D eigenvalue weighted by Gasteiger charge is -2.36. The first kappa shape index (κ1) is 19.7. The molecule has 0 bridgehead atoms. The molecule has 1 fully saturated rings. The van der Waals surface area contributed by atoms with Gasteiger partial charge < -0.3 is 10.2 Å². The molecule has 3 heterocycles. The number of carbonyl (C=O) groups is 1. The molecule has 1 saturated heterocycles. The minimum atomic E-state index is -0.469. The summed E-state index contributed by atoms with van der Waals surface area (Å²) in [6, 6.07) is 13.0. The Morgan fingerprint density at radius 2 is 2.00 bits per heavy atom. The van der Waals surface area contributed by atoms with Crippen LogP contribution in [-0.2, 0) is 11.3 Å². The number of fused-ring (bicyclic) bond motifs is 3. The molecule has 3 aliphatic heterocycles. The number of carbonyl (C=O) groups excluding carboxylic acids is 1. The van der Waals surface area contributed by atoms with Crippen molar-refractivity contribution < 1.29 is 9.18 Å². The minimum Gasteiger partial charge on any atom is -0.369 e. The van der Waals surface area contributed by atoms with Gasteiger partial charge in [-0.3, -0.25) is 14.7 Å². The van der Waals surface area contributed by atoms with Crippen LogP contribution >= 0.6 is 0 Å². The van der Waals surface area contributed by atoms with Crippen molar-refractivity contribution >= 4 is 23.0 Å². The van der Waals surface area contributed by atoms with Crippen LogP contribution in [0.5, 0.6) is 0 Å². The Kier molecular flexibility index (Phi) is 5.16. The zero-order valence-corrected chi connectivity index (χ0v) is 17.3. The molecular weight excluding hydrogens is 393 g/mol. The van der Waals surface area contributed by atoms with Gasteiger partial charge in [-0.05, 0) is 42.7 Å². The molecule has 2 aromatic rings. The van der Waals surface area contributed by atoms with Crippen LogP contribution < -0.4 is 10.2 Å². The number of halogens is 1. The third kappa shape index (κ3) is 3.79. The number of hydrogen-bond donors (Lipinski definition) is 1. The number of aliphatic imine (C=N–C) groups is 1. The van der Waals surface area contributed by atoms with E-state index in [0.29, 0.717) is 0 Å². The Morgan fingerprint density at radius 1 is 1.16 bits per heavy atom. The highest BCUT2D eigenvalue weighted by Gasteiger charge is 2.33. The van der Waals surface area contributed by atoms with Crippen LogP contribution in [0.25, 0.3) is 0 Å². The molecular formula is C24H24FN5O. The first-order valence-electron chi connectivity index (χ1n) is 10.8. The molecule has 2 aromatic carbocycles. The SMILES string of the molecule is N#Cc1ccc(N2CCN(Cc3ccc4c(c3)NC(=O)C3CCCN=C43)CC2)cc1F. The summed E-state index contributed by atoms with van der Waals surface area (Å²) in [4.78, 5) is 21.6. The van der Waals surface area contributed by atoms with Gasteiger partial charge in [-0.2, -0.15) is 5.26 Å². The fraction of sp³-hybridized carbons (Fsp3) is 0.375. The van der Waals surface area contributed by atoms with E-state index in [2.05, 4.69) is 38.3 Å². The van der Waals surface area contributed by atoms with Crippen LogP contribution in [0.2, 0.25) is 0 Å². The van der Waals surface area contributed by atoms with Gasteiger partial charge in [-0.15, -0.1) is 0 Å². The number of nitrogens with zero attached hydrogens (tertiary/aromatic N) is 4. The van der Waals surface area contributed by atoms with E-state index in [1.807, 2.05) is 12.1 Å². The smallest absolute Gasteiger partial charge is 0.233 e. The average molecular weight is 417 g/mol. The number of amides is 1. The Morgan fingerprint density at radius 3 is 2.77 bits per heavy atom.